The van der Waals surface area contributed by atoms with E-state index in [4.69, 9.17) is 0 Å². The van der Waals surface area contributed by atoms with Gasteiger partial charge >= 0.3 is 5.97 Å². The van der Waals surface area contributed by atoms with Crippen LogP contribution in [0.2, 0.25) is 0 Å². The maximum Gasteiger partial charge on any atom is 0.326 e. The Kier molecular flexibility index (Phi) is 21.5. The summed E-state index contributed by atoms with van der Waals surface area (Å²) >= 11 is 0. The number of unbranched alkanes of at least 4 members (excludes halogenated alkanes) is 12. The van der Waals surface area contributed by atoms with Crippen LogP contribution < -0.4 is 10.6 Å². The number of carbonyl (C=O) groups is 3. The number of hydrogen-bond acceptors (Lipinski definition) is 3. The minimum atomic E-state index is -0.999. The number of hydrogen-bond donors (Lipinski definition) is 3. The predicted molar refractivity (Wildman–Crippen MR) is 127 cm³/mol. The van der Waals surface area contributed by atoms with Gasteiger partial charge in [-0.1, -0.05) is 70.4 Å². The van der Waals surface area contributed by atoms with Crippen LogP contribution in [0.5, 0.6) is 0 Å². The van der Waals surface area contributed by atoms with Crippen LogP contribution in [0.15, 0.2) is 12.2 Å². The Balaban J connectivity index is 3.57. The topological polar surface area (TPSA) is 95.5 Å². The van der Waals surface area contributed by atoms with Gasteiger partial charge in [0.15, 0.2) is 0 Å². The third kappa shape index (κ3) is 21.2. The Morgan fingerprint density at radius 3 is 1.97 bits per heavy atom. The van der Waals surface area contributed by atoms with E-state index in [1.54, 1.807) is 0 Å². The number of carboxylic acids is 1. The van der Waals surface area contributed by atoms with Crippen molar-refractivity contribution >= 4 is 18.3 Å². The first-order valence-electron chi connectivity index (χ1n) is 12.5. The lowest BCUT2D eigenvalue weighted by Crippen LogP contribution is -2.40. The number of carboxylic acid groups (broad SMARTS) is 1. The molecule has 0 aliphatic heterocycles. The molecule has 0 aromatic rings. The first-order valence-corrected chi connectivity index (χ1v) is 12.5. The molecule has 180 valence electrons. The highest BCUT2D eigenvalue weighted by molar-refractivity contribution is 5.83. The smallest absolute Gasteiger partial charge is 0.326 e. The maximum absolute atomic E-state index is 12.0. The van der Waals surface area contributed by atoms with E-state index in [9.17, 15) is 19.5 Å². The standard InChI is InChI=1S/C25H46N2O4/c1-2-3-4-5-6-7-8-9-10-11-12-13-14-15-16-20-24(29)27-23(25(30)31)19-17-18-21-26-22-28/h9-10,22-23H,2-8,11-21H2,1H3,(H,26,28)(H,27,29)(H,30,31)/b10-9-. The molecule has 2 amide bonds. The van der Waals surface area contributed by atoms with E-state index < -0.39 is 12.0 Å². The van der Waals surface area contributed by atoms with Gasteiger partial charge < -0.3 is 15.7 Å². The molecule has 6 heteroatoms. The molecule has 3 N–H and O–H groups in total. The summed E-state index contributed by atoms with van der Waals surface area (Å²) < 4.78 is 0. The van der Waals surface area contributed by atoms with E-state index in [-0.39, 0.29) is 5.91 Å². The molecule has 0 rings (SSSR count). The summed E-state index contributed by atoms with van der Waals surface area (Å²) in [7, 11) is 0. The summed E-state index contributed by atoms with van der Waals surface area (Å²) in [6.07, 6.45) is 23.1. The zero-order valence-electron chi connectivity index (χ0n) is 19.7. The number of amides is 2. The van der Waals surface area contributed by atoms with Crippen molar-refractivity contribution in [3.05, 3.63) is 12.2 Å². The number of nitrogens with one attached hydrogen (secondary N) is 2. The molecule has 0 bridgehead atoms. The van der Waals surface area contributed by atoms with Gasteiger partial charge in [-0.05, 0) is 51.4 Å². The third-order valence-electron chi connectivity index (χ3n) is 5.45. The molecule has 1 atom stereocenters. The number of carbonyl (C=O) groups excluding carboxylic acids is 2. The molecular weight excluding hydrogens is 392 g/mol. The highest BCUT2D eigenvalue weighted by Crippen LogP contribution is 2.10. The summed E-state index contributed by atoms with van der Waals surface area (Å²) in [6.45, 7) is 2.78. The summed E-state index contributed by atoms with van der Waals surface area (Å²) in [5.41, 5.74) is 0. The molecule has 0 aromatic heterocycles. The lowest BCUT2D eigenvalue weighted by molar-refractivity contribution is -0.142. The average molecular weight is 439 g/mol. The fraction of sp³-hybridized carbons (Fsp3) is 0.800. The van der Waals surface area contributed by atoms with Crippen LogP contribution >= 0.6 is 0 Å². The van der Waals surface area contributed by atoms with Gasteiger partial charge in [0.05, 0.1) is 0 Å². The molecule has 0 saturated heterocycles. The molecule has 0 heterocycles. The number of allylic oxidation sites excluding steroid dienone is 2. The van der Waals surface area contributed by atoms with Gasteiger partial charge in [-0.3, -0.25) is 9.59 Å². The van der Waals surface area contributed by atoms with Crippen molar-refractivity contribution in [2.24, 2.45) is 0 Å². The molecule has 6 nitrogen and oxygen atoms in total. The van der Waals surface area contributed by atoms with E-state index in [0.29, 0.717) is 38.6 Å². The molecule has 0 aromatic carbocycles. The van der Waals surface area contributed by atoms with Crippen molar-refractivity contribution in [1.29, 1.82) is 0 Å². The van der Waals surface area contributed by atoms with Gasteiger partial charge in [0.2, 0.25) is 12.3 Å². The second-order valence-corrected chi connectivity index (χ2v) is 8.36. The molecule has 0 fully saturated rings. The Morgan fingerprint density at radius 1 is 0.806 bits per heavy atom. The van der Waals surface area contributed by atoms with E-state index in [0.717, 1.165) is 25.7 Å². The van der Waals surface area contributed by atoms with E-state index in [2.05, 4.69) is 29.7 Å². The first-order chi connectivity index (χ1) is 15.1. The Morgan fingerprint density at radius 2 is 1.39 bits per heavy atom. The van der Waals surface area contributed by atoms with E-state index in [1.807, 2.05) is 0 Å². The Labute approximate surface area is 189 Å². The van der Waals surface area contributed by atoms with E-state index in [1.165, 1.54) is 57.8 Å². The lowest BCUT2D eigenvalue weighted by atomic mass is 10.1. The molecule has 0 radical (unpaired) electrons. The number of aliphatic carboxylic acids is 1. The van der Waals surface area contributed by atoms with Crippen molar-refractivity contribution in [2.45, 2.75) is 122 Å². The van der Waals surface area contributed by atoms with Gasteiger partial charge in [-0.15, -0.1) is 0 Å². The molecule has 31 heavy (non-hydrogen) atoms. The van der Waals surface area contributed by atoms with Crippen LogP contribution in [0.1, 0.15) is 116 Å². The zero-order valence-corrected chi connectivity index (χ0v) is 19.7. The lowest BCUT2D eigenvalue weighted by Gasteiger charge is -2.14. The van der Waals surface area contributed by atoms with Crippen LogP contribution in [0.4, 0.5) is 0 Å². The zero-order chi connectivity index (χ0) is 23.0. The van der Waals surface area contributed by atoms with E-state index >= 15 is 0 Å². The highest BCUT2D eigenvalue weighted by atomic mass is 16.4. The maximum atomic E-state index is 12.0. The summed E-state index contributed by atoms with van der Waals surface area (Å²) in [6, 6.07) is -0.841. The second-order valence-electron chi connectivity index (χ2n) is 8.36. The number of rotatable bonds is 23. The highest BCUT2D eigenvalue weighted by Gasteiger charge is 2.18. The minimum Gasteiger partial charge on any atom is -0.480 e. The van der Waals surface area contributed by atoms with Crippen molar-refractivity contribution in [3.8, 4) is 0 Å². The molecule has 0 spiro atoms. The van der Waals surface area contributed by atoms with Gasteiger partial charge in [0.1, 0.15) is 6.04 Å². The molecule has 1 unspecified atom stereocenters. The Hall–Kier alpha value is -1.85. The van der Waals surface area contributed by atoms with Crippen molar-refractivity contribution in [2.75, 3.05) is 6.54 Å². The van der Waals surface area contributed by atoms with Gasteiger partial charge in [-0.25, -0.2) is 4.79 Å². The van der Waals surface area contributed by atoms with Gasteiger partial charge in [0.25, 0.3) is 0 Å². The average Bonchev–Trinajstić information content (AvgIpc) is 2.75. The normalized spacial score (nSPS) is 12.0. The minimum absolute atomic E-state index is 0.184. The largest absolute Gasteiger partial charge is 0.480 e. The monoisotopic (exact) mass is 438 g/mol. The van der Waals surface area contributed by atoms with Crippen LogP contribution in [0.3, 0.4) is 0 Å². The van der Waals surface area contributed by atoms with Crippen LogP contribution in [-0.2, 0) is 14.4 Å². The van der Waals surface area contributed by atoms with Crippen LogP contribution in [-0.4, -0.2) is 36.0 Å². The van der Waals surface area contributed by atoms with Crippen molar-refractivity contribution < 1.29 is 19.5 Å². The Bertz CT molecular complexity index is 480. The SMILES string of the molecule is CCCCCCCC/C=C\CCCCCCCC(=O)NC(CCCCNC=O)C(=O)O. The second kappa shape index (κ2) is 22.8. The molecular formula is C25H46N2O4. The summed E-state index contributed by atoms with van der Waals surface area (Å²) in [4.78, 5) is 33.4. The summed E-state index contributed by atoms with van der Waals surface area (Å²) in [5, 5.41) is 14.4. The predicted octanol–water partition coefficient (Wildman–Crippen LogP) is 5.51. The van der Waals surface area contributed by atoms with Gasteiger partial charge in [0, 0.05) is 13.0 Å². The quantitative estimate of drug-likeness (QED) is 0.111. The molecule has 0 saturated carbocycles. The summed E-state index contributed by atoms with van der Waals surface area (Å²) in [5.74, 6) is -1.18. The fourth-order valence-electron chi connectivity index (χ4n) is 3.51. The van der Waals surface area contributed by atoms with Gasteiger partial charge in [-0.2, -0.15) is 0 Å². The van der Waals surface area contributed by atoms with Crippen LogP contribution in [0, 0.1) is 0 Å². The first kappa shape index (κ1) is 29.1. The van der Waals surface area contributed by atoms with Crippen molar-refractivity contribution in [1.82, 2.24) is 10.6 Å². The molecule has 0 aliphatic carbocycles. The third-order valence-corrected chi connectivity index (χ3v) is 5.45. The molecule has 0 aliphatic rings. The van der Waals surface area contributed by atoms with Crippen molar-refractivity contribution in [3.63, 3.8) is 0 Å². The van der Waals surface area contributed by atoms with Crippen LogP contribution in [0.25, 0.3) is 0 Å². The fourth-order valence-corrected chi connectivity index (χ4v) is 3.51.